The zero-order valence-corrected chi connectivity index (χ0v) is 8.34. The molecule has 1 fully saturated rings. The summed E-state index contributed by atoms with van der Waals surface area (Å²) in [5.74, 6) is 0.508. The molecule has 0 aromatic carbocycles. The SMILES string of the molecule is Cc1cc(CCNC(=O)C2CC2)n[nH]1. The maximum Gasteiger partial charge on any atom is 0.223 e. The number of aryl methyl sites for hydroxylation is 1. The second kappa shape index (κ2) is 3.82. The van der Waals surface area contributed by atoms with Gasteiger partial charge in [-0.15, -0.1) is 0 Å². The molecule has 76 valence electrons. The molecule has 1 amide bonds. The van der Waals surface area contributed by atoms with Crippen LogP contribution in [0.5, 0.6) is 0 Å². The number of hydrogen-bond donors (Lipinski definition) is 2. The van der Waals surface area contributed by atoms with Crippen LogP contribution in [-0.4, -0.2) is 22.6 Å². The maximum absolute atomic E-state index is 11.3. The molecule has 2 N–H and O–H groups in total. The van der Waals surface area contributed by atoms with E-state index in [0.29, 0.717) is 12.5 Å². The Bertz CT molecular complexity index is 328. The number of H-pyrrole nitrogens is 1. The molecule has 0 aliphatic heterocycles. The second-order valence-corrected chi connectivity index (χ2v) is 3.86. The minimum absolute atomic E-state index is 0.206. The van der Waals surface area contributed by atoms with Gasteiger partial charge in [-0.05, 0) is 25.8 Å². The monoisotopic (exact) mass is 193 g/mol. The highest BCUT2D eigenvalue weighted by Gasteiger charge is 2.28. The van der Waals surface area contributed by atoms with E-state index in [2.05, 4.69) is 15.5 Å². The lowest BCUT2D eigenvalue weighted by Crippen LogP contribution is -2.26. The van der Waals surface area contributed by atoms with Crippen molar-refractivity contribution in [2.24, 2.45) is 5.92 Å². The number of rotatable bonds is 4. The summed E-state index contributed by atoms with van der Waals surface area (Å²) in [6.45, 7) is 2.67. The number of aromatic nitrogens is 2. The minimum Gasteiger partial charge on any atom is -0.355 e. The molecule has 4 nitrogen and oxygen atoms in total. The number of aromatic amines is 1. The van der Waals surface area contributed by atoms with E-state index < -0.39 is 0 Å². The summed E-state index contributed by atoms with van der Waals surface area (Å²) in [6.07, 6.45) is 2.93. The van der Waals surface area contributed by atoms with E-state index in [1.165, 1.54) is 0 Å². The van der Waals surface area contributed by atoms with Crippen LogP contribution in [0.3, 0.4) is 0 Å². The Kier molecular flexibility index (Phi) is 2.52. The van der Waals surface area contributed by atoms with Gasteiger partial charge in [0.25, 0.3) is 0 Å². The van der Waals surface area contributed by atoms with Gasteiger partial charge in [-0.25, -0.2) is 0 Å². The molecule has 1 aliphatic rings. The molecule has 1 aliphatic carbocycles. The largest absolute Gasteiger partial charge is 0.355 e. The molecule has 0 spiro atoms. The molecular formula is C10H15N3O. The summed E-state index contributed by atoms with van der Waals surface area (Å²) in [6, 6.07) is 2.00. The van der Waals surface area contributed by atoms with Crippen LogP contribution in [0.2, 0.25) is 0 Å². The average Bonchev–Trinajstić information content (AvgIpc) is 2.92. The number of nitrogens with one attached hydrogen (secondary N) is 2. The van der Waals surface area contributed by atoms with Crippen molar-refractivity contribution in [1.29, 1.82) is 0 Å². The second-order valence-electron chi connectivity index (χ2n) is 3.86. The predicted molar refractivity (Wildman–Crippen MR) is 52.8 cm³/mol. The van der Waals surface area contributed by atoms with Crippen molar-refractivity contribution in [3.05, 3.63) is 17.5 Å². The van der Waals surface area contributed by atoms with E-state index in [9.17, 15) is 4.79 Å². The van der Waals surface area contributed by atoms with Gasteiger partial charge < -0.3 is 5.32 Å². The van der Waals surface area contributed by atoms with E-state index in [0.717, 1.165) is 30.7 Å². The molecule has 1 aromatic rings. The van der Waals surface area contributed by atoms with E-state index >= 15 is 0 Å². The first-order valence-electron chi connectivity index (χ1n) is 5.04. The van der Waals surface area contributed by atoms with Crippen molar-refractivity contribution < 1.29 is 4.79 Å². The van der Waals surface area contributed by atoms with Gasteiger partial charge in [0.2, 0.25) is 5.91 Å². The third-order valence-electron chi connectivity index (χ3n) is 2.39. The lowest BCUT2D eigenvalue weighted by molar-refractivity contribution is -0.122. The quantitative estimate of drug-likeness (QED) is 0.742. The van der Waals surface area contributed by atoms with Gasteiger partial charge in [0.05, 0.1) is 5.69 Å². The highest BCUT2D eigenvalue weighted by atomic mass is 16.2. The smallest absolute Gasteiger partial charge is 0.223 e. The minimum atomic E-state index is 0.206. The Balaban J connectivity index is 1.69. The van der Waals surface area contributed by atoms with Gasteiger partial charge in [-0.1, -0.05) is 0 Å². The van der Waals surface area contributed by atoms with Crippen molar-refractivity contribution >= 4 is 5.91 Å². The van der Waals surface area contributed by atoms with Crippen LogP contribution >= 0.6 is 0 Å². The molecule has 0 unspecified atom stereocenters. The molecule has 0 saturated heterocycles. The van der Waals surface area contributed by atoms with Crippen LogP contribution in [0.1, 0.15) is 24.2 Å². The number of carbonyl (C=O) groups is 1. The van der Waals surface area contributed by atoms with E-state index in [1.807, 2.05) is 13.0 Å². The fraction of sp³-hybridized carbons (Fsp3) is 0.600. The molecule has 14 heavy (non-hydrogen) atoms. The van der Waals surface area contributed by atoms with Gasteiger partial charge in [0, 0.05) is 24.6 Å². The van der Waals surface area contributed by atoms with E-state index in [1.54, 1.807) is 0 Å². The van der Waals surface area contributed by atoms with Crippen molar-refractivity contribution in [1.82, 2.24) is 15.5 Å². The van der Waals surface area contributed by atoms with Gasteiger partial charge in [-0.3, -0.25) is 9.89 Å². The Morgan fingerprint density at radius 3 is 3.07 bits per heavy atom. The molecule has 2 rings (SSSR count). The van der Waals surface area contributed by atoms with E-state index in [4.69, 9.17) is 0 Å². The Morgan fingerprint density at radius 2 is 2.50 bits per heavy atom. The third kappa shape index (κ3) is 2.34. The molecule has 0 bridgehead atoms. The first-order valence-corrected chi connectivity index (χ1v) is 5.04. The Hall–Kier alpha value is -1.32. The predicted octanol–water partition coefficient (Wildman–Crippen LogP) is 0.787. The van der Waals surface area contributed by atoms with Crippen LogP contribution in [0.25, 0.3) is 0 Å². The number of carbonyl (C=O) groups excluding carboxylic acids is 1. The van der Waals surface area contributed by atoms with Crippen molar-refractivity contribution in [2.45, 2.75) is 26.2 Å². The van der Waals surface area contributed by atoms with Gasteiger partial charge >= 0.3 is 0 Å². The van der Waals surface area contributed by atoms with Gasteiger partial charge in [0.1, 0.15) is 0 Å². The first-order chi connectivity index (χ1) is 6.75. The van der Waals surface area contributed by atoms with Crippen molar-refractivity contribution in [3.8, 4) is 0 Å². The average molecular weight is 193 g/mol. The standard InChI is InChI=1S/C10H15N3O/c1-7-6-9(13-12-7)4-5-11-10(14)8-2-3-8/h6,8H,2-5H2,1H3,(H,11,14)(H,12,13). The number of amides is 1. The number of hydrogen-bond acceptors (Lipinski definition) is 2. The van der Waals surface area contributed by atoms with Crippen LogP contribution in [0.4, 0.5) is 0 Å². The number of nitrogens with zero attached hydrogens (tertiary/aromatic N) is 1. The Labute approximate surface area is 83.1 Å². The van der Waals surface area contributed by atoms with Crippen molar-refractivity contribution in [2.75, 3.05) is 6.54 Å². The maximum atomic E-state index is 11.3. The fourth-order valence-corrected chi connectivity index (χ4v) is 1.41. The van der Waals surface area contributed by atoms with Crippen LogP contribution in [0, 0.1) is 12.8 Å². The highest BCUT2D eigenvalue weighted by molar-refractivity contribution is 5.80. The van der Waals surface area contributed by atoms with Crippen LogP contribution in [0.15, 0.2) is 6.07 Å². The summed E-state index contributed by atoms with van der Waals surface area (Å²) < 4.78 is 0. The Morgan fingerprint density at radius 1 is 1.71 bits per heavy atom. The molecular weight excluding hydrogens is 178 g/mol. The van der Waals surface area contributed by atoms with Crippen molar-refractivity contribution in [3.63, 3.8) is 0 Å². The molecule has 4 heteroatoms. The normalized spacial score (nSPS) is 15.5. The molecule has 1 aromatic heterocycles. The lowest BCUT2D eigenvalue weighted by atomic mass is 10.3. The summed E-state index contributed by atoms with van der Waals surface area (Å²) in [5.41, 5.74) is 2.08. The molecule has 1 saturated carbocycles. The molecule has 0 atom stereocenters. The summed E-state index contributed by atoms with van der Waals surface area (Å²) >= 11 is 0. The summed E-state index contributed by atoms with van der Waals surface area (Å²) in [5, 5.41) is 9.89. The van der Waals surface area contributed by atoms with Crippen LogP contribution < -0.4 is 5.32 Å². The lowest BCUT2D eigenvalue weighted by Gasteiger charge is -2.01. The summed E-state index contributed by atoms with van der Waals surface area (Å²) in [7, 11) is 0. The zero-order chi connectivity index (χ0) is 9.97. The summed E-state index contributed by atoms with van der Waals surface area (Å²) in [4.78, 5) is 11.3. The van der Waals surface area contributed by atoms with Gasteiger partial charge in [-0.2, -0.15) is 5.10 Å². The zero-order valence-electron chi connectivity index (χ0n) is 8.34. The highest BCUT2D eigenvalue weighted by Crippen LogP contribution is 2.28. The molecule has 1 heterocycles. The van der Waals surface area contributed by atoms with Gasteiger partial charge in [0.15, 0.2) is 0 Å². The third-order valence-corrected chi connectivity index (χ3v) is 2.39. The topological polar surface area (TPSA) is 57.8 Å². The van der Waals surface area contributed by atoms with Crippen LogP contribution in [-0.2, 0) is 11.2 Å². The fourth-order valence-electron chi connectivity index (χ4n) is 1.41. The first kappa shape index (κ1) is 9.24. The van der Waals surface area contributed by atoms with E-state index in [-0.39, 0.29) is 5.91 Å². The molecule has 0 radical (unpaired) electrons.